The lowest BCUT2D eigenvalue weighted by molar-refractivity contribution is 0.163. The molecular weight excluding hydrogens is 405 g/mol. The molecule has 0 spiro atoms. The van der Waals surface area contributed by atoms with Gasteiger partial charge in [-0.2, -0.15) is 0 Å². The smallest absolute Gasteiger partial charge is 0.176 e. The first kappa shape index (κ1) is 23.1. The summed E-state index contributed by atoms with van der Waals surface area (Å²) in [5.74, 6) is 0. The molecule has 1 unspecified atom stereocenters. The molecule has 0 aromatic heterocycles. The molecule has 2 saturated carbocycles. The third-order valence-electron chi connectivity index (χ3n) is 9.46. The first-order chi connectivity index (χ1) is 15.9. The summed E-state index contributed by atoms with van der Waals surface area (Å²) in [7, 11) is 0. The molecule has 2 heteroatoms. The summed E-state index contributed by atoms with van der Waals surface area (Å²) < 4.78 is 17.2. The van der Waals surface area contributed by atoms with Gasteiger partial charge >= 0.3 is 0 Å². The summed E-state index contributed by atoms with van der Waals surface area (Å²) in [5, 5.41) is 3.49. The molecule has 33 heavy (non-hydrogen) atoms. The normalized spacial score (nSPS) is 25.1. The minimum absolute atomic E-state index is 0.162. The first-order valence-corrected chi connectivity index (χ1v) is 13.6. The predicted molar refractivity (Wildman–Crippen MR) is 137 cm³/mol. The van der Waals surface area contributed by atoms with Gasteiger partial charge < -0.3 is 5.32 Å². The molecule has 2 aromatic rings. The van der Waals surface area contributed by atoms with Gasteiger partial charge in [-0.25, -0.2) is 4.39 Å². The maximum Gasteiger partial charge on any atom is 0.176 e. The van der Waals surface area contributed by atoms with Crippen LogP contribution in [0.15, 0.2) is 48.5 Å². The third kappa shape index (κ3) is 4.29. The number of alkyl halides is 1. The molecule has 0 amide bonds. The van der Waals surface area contributed by atoms with Crippen LogP contribution in [-0.4, -0.2) is 12.6 Å². The Balaban J connectivity index is 1.47. The SMILES string of the molecule is CC1(c2ccc(C(F)(c3ccc(C4(C)CCCCC4)cc3)C3CCCN3)cc2)CCCCC1. The fourth-order valence-corrected chi connectivity index (χ4v) is 7.06. The van der Waals surface area contributed by atoms with Crippen molar-refractivity contribution in [1.82, 2.24) is 5.32 Å². The Labute approximate surface area is 200 Å². The number of hydrogen-bond acceptors (Lipinski definition) is 1. The summed E-state index contributed by atoms with van der Waals surface area (Å²) >= 11 is 0. The van der Waals surface area contributed by atoms with Crippen LogP contribution in [-0.2, 0) is 16.5 Å². The number of rotatable bonds is 5. The highest BCUT2D eigenvalue weighted by Crippen LogP contribution is 2.45. The monoisotopic (exact) mass is 447 g/mol. The molecule has 1 saturated heterocycles. The van der Waals surface area contributed by atoms with E-state index in [4.69, 9.17) is 0 Å². The molecule has 1 N–H and O–H groups in total. The van der Waals surface area contributed by atoms with Gasteiger partial charge in [0.05, 0.1) is 0 Å². The van der Waals surface area contributed by atoms with Gasteiger partial charge in [0.25, 0.3) is 0 Å². The van der Waals surface area contributed by atoms with Crippen LogP contribution in [0.3, 0.4) is 0 Å². The van der Waals surface area contributed by atoms with Crippen molar-refractivity contribution in [1.29, 1.82) is 0 Å². The molecule has 3 fully saturated rings. The number of nitrogens with one attached hydrogen (secondary N) is 1. The highest BCUT2D eigenvalue weighted by molar-refractivity contribution is 5.43. The Morgan fingerprint density at radius 3 is 1.45 bits per heavy atom. The summed E-state index contributed by atoms with van der Waals surface area (Å²) in [4.78, 5) is 0. The summed E-state index contributed by atoms with van der Waals surface area (Å²) in [6, 6.07) is 17.1. The van der Waals surface area contributed by atoms with Crippen molar-refractivity contribution in [2.24, 2.45) is 0 Å². The van der Waals surface area contributed by atoms with E-state index in [-0.39, 0.29) is 16.9 Å². The van der Waals surface area contributed by atoms with E-state index in [1.54, 1.807) is 0 Å². The Morgan fingerprint density at radius 2 is 1.09 bits per heavy atom. The van der Waals surface area contributed by atoms with Crippen LogP contribution < -0.4 is 5.32 Å². The Morgan fingerprint density at radius 1 is 0.667 bits per heavy atom. The van der Waals surface area contributed by atoms with Crippen molar-refractivity contribution in [3.8, 4) is 0 Å². The predicted octanol–water partition coefficient (Wildman–Crippen LogP) is 8.10. The zero-order valence-corrected chi connectivity index (χ0v) is 20.8. The van der Waals surface area contributed by atoms with Gasteiger partial charge in [-0.1, -0.05) is 101 Å². The molecule has 2 aliphatic carbocycles. The van der Waals surface area contributed by atoms with Crippen LogP contribution in [0.25, 0.3) is 0 Å². The van der Waals surface area contributed by atoms with Crippen molar-refractivity contribution in [3.63, 3.8) is 0 Å². The maximum atomic E-state index is 17.2. The van der Waals surface area contributed by atoms with E-state index in [0.29, 0.717) is 0 Å². The highest BCUT2D eigenvalue weighted by atomic mass is 19.1. The number of benzene rings is 2. The molecule has 1 atom stereocenters. The van der Waals surface area contributed by atoms with Crippen molar-refractivity contribution in [2.75, 3.05) is 6.54 Å². The van der Waals surface area contributed by atoms with Gasteiger partial charge in [0.15, 0.2) is 5.67 Å². The molecule has 1 aliphatic heterocycles. The van der Waals surface area contributed by atoms with Gasteiger partial charge in [0.1, 0.15) is 0 Å². The molecule has 1 heterocycles. The largest absolute Gasteiger partial charge is 0.310 e. The Kier molecular flexibility index (Phi) is 6.42. The maximum absolute atomic E-state index is 17.2. The van der Waals surface area contributed by atoms with Crippen molar-refractivity contribution in [2.45, 2.75) is 113 Å². The first-order valence-electron chi connectivity index (χ1n) is 13.6. The van der Waals surface area contributed by atoms with E-state index in [1.165, 1.54) is 75.3 Å². The standard InChI is InChI=1S/C31H42FN/c1-29(19-5-3-6-20-29)24-11-15-26(16-12-24)31(32,28-10-9-23-33-28)27-17-13-25(14-18-27)30(2)21-7-4-8-22-30/h11-18,28,33H,3-10,19-23H2,1-2H3. The Hall–Kier alpha value is -1.67. The lowest BCUT2D eigenvalue weighted by atomic mass is 9.70. The van der Waals surface area contributed by atoms with Crippen LogP contribution in [0.1, 0.15) is 113 Å². The molecule has 3 aliphatic rings. The number of halogens is 1. The average molecular weight is 448 g/mol. The van der Waals surface area contributed by atoms with Gasteiger partial charge in [-0.3, -0.25) is 0 Å². The fourth-order valence-electron chi connectivity index (χ4n) is 7.06. The summed E-state index contributed by atoms with van der Waals surface area (Å²) in [6.45, 7) is 5.70. The zero-order valence-electron chi connectivity index (χ0n) is 20.8. The van der Waals surface area contributed by atoms with Gasteiger partial charge in [0.2, 0.25) is 0 Å². The van der Waals surface area contributed by atoms with E-state index >= 15 is 4.39 Å². The summed E-state index contributed by atoms with van der Waals surface area (Å²) in [5.41, 5.74) is 3.38. The van der Waals surface area contributed by atoms with Crippen LogP contribution in [0.4, 0.5) is 4.39 Å². The Bertz CT molecular complexity index is 843. The van der Waals surface area contributed by atoms with Crippen molar-refractivity contribution in [3.05, 3.63) is 70.8 Å². The summed E-state index contributed by atoms with van der Waals surface area (Å²) in [6.07, 6.45) is 14.9. The minimum atomic E-state index is -1.49. The van der Waals surface area contributed by atoms with Crippen LogP contribution in [0.5, 0.6) is 0 Å². The number of hydrogen-bond donors (Lipinski definition) is 1. The van der Waals surface area contributed by atoms with Crippen LogP contribution >= 0.6 is 0 Å². The van der Waals surface area contributed by atoms with E-state index in [2.05, 4.69) is 67.7 Å². The molecular formula is C31H42FN. The van der Waals surface area contributed by atoms with Crippen molar-refractivity contribution < 1.29 is 4.39 Å². The van der Waals surface area contributed by atoms with Crippen molar-refractivity contribution >= 4 is 0 Å². The van der Waals surface area contributed by atoms with Crippen LogP contribution in [0.2, 0.25) is 0 Å². The van der Waals surface area contributed by atoms with E-state index in [0.717, 1.165) is 30.5 Å². The molecule has 1 nitrogen and oxygen atoms in total. The zero-order chi connectivity index (χ0) is 22.9. The molecule has 0 bridgehead atoms. The highest BCUT2D eigenvalue weighted by Gasteiger charge is 2.44. The van der Waals surface area contributed by atoms with Gasteiger partial charge in [0, 0.05) is 6.04 Å². The third-order valence-corrected chi connectivity index (χ3v) is 9.46. The molecule has 2 aromatic carbocycles. The van der Waals surface area contributed by atoms with Crippen LogP contribution in [0, 0.1) is 0 Å². The molecule has 5 rings (SSSR count). The quantitative estimate of drug-likeness (QED) is 0.488. The average Bonchev–Trinajstić information content (AvgIpc) is 3.40. The second-order valence-electron chi connectivity index (χ2n) is 11.8. The molecule has 178 valence electrons. The second-order valence-corrected chi connectivity index (χ2v) is 11.8. The van der Waals surface area contributed by atoms with E-state index in [9.17, 15) is 0 Å². The lowest BCUT2D eigenvalue weighted by Gasteiger charge is -2.37. The second kappa shape index (κ2) is 9.17. The van der Waals surface area contributed by atoms with E-state index < -0.39 is 5.67 Å². The van der Waals surface area contributed by atoms with Gasteiger partial charge in [-0.05, 0) is 78.2 Å². The molecule has 0 radical (unpaired) electrons. The van der Waals surface area contributed by atoms with Gasteiger partial charge in [-0.15, -0.1) is 0 Å². The lowest BCUT2D eigenvalue weighted by Crippen LogP contribution is -2.43. The topological polar surface area (TPSA) is 12.0 Å². The fraction of sp³-hybridized carbons (Fsp3) is 0.613. The minimum Gasteiger partial charge on any atom is -0.310 e. The van der Waals surface area contributed by atoms with E-state index in [1.807, 2.05) is 0 Å².